The Labute approximate surface area is 239 Å². The number of carbonyl (C=O) groups excluding carboxylic acids is 2. The predicted molar refractivity (Wildman–Crippen MR) is 153 cm³/mol. The molecule has 40 heavy (non-hydrogen) atoms. The first kappa shape index (κ1) is 37.4. The van der Waals surface area contributed by atoms with Crippen LogP contribution in [0.25, 0.3) is 0 Å². The van der Waals surface area contributed by atoms with Crippen LogP contribution >= 0.6 is 0 Å². The standard InChI is InChI=1S/C11H20N2O4.C10H18N2O4.C6H15N/c1-11(2,3)17-10(16)13-6-5-12(4)8(7-13)9(14)15;1-10(2,3)16-9(15)12-5-4-11-7(6-12)8(13)14;1-4-7(5-2)6-3/h8H,5-7H2,1-4H3,(H,14,15);7,11H,4-6H2,1-3H3,(H,13,14);4-6H2,1-3H3. The minimum Gasteiger partial charge on any atom is -0.480 e. The van der Waals surface area contributed by atoms with Crippen molar-refractivity contribution in [2.45, 2.75) is 85.6 Å². The van der Waals surface area contributed by atoms with E-state index in [0.29, 0.717) is 26.2 Å². The lowest BCUT2D eigenvalue weighted by molar-refractivity contribution is -0.145. The van der Waals surface area contributed by atoms with Gasteiger partial charge in [-0.25, -0.2) is 9.59 Å². The van der Waals surface area contributed by atoms with Crippen LogP contribution in [0.4, 0.5) is 9.59 Å². The molecule has 2 fully saturated rings. The minimum atomic E-state index is -0.951. The summed E-state index contributed by atoms with van der Waals surface area (Å²) >= 11 is 0. The Morgan fingerprint density at radius 2 is 1.23 bits per heavy atom. The molecule has 0 bridgehead atoms. The van der Waals surface area contributed by atoms with E-state index in [-0.39, 0.29) is 13.1 Å². The normalized spacial score (nSPS) is 20.0. The first-order valence-corrected chi connectivity index (χ1v) is 13.9. The van der Waals surface area contributed by atoms with Crippen LogP contribution in [0.3, 0.4) is 0 Å². The molecular weight excluding hydrogens is 522 g/mol. The molecule has 3 N–H and O–H groups in total. The van der Waals surface area contributed by atoms with Gasteiger partial charge in [-0.1, -0.05) is 20.8 Å². The van der Waals surface area contributed by atoms with Crippen molar-refractivity contribution in [1.29, 1.82) is 0 Å². The summed E-state index contributed by atoms with van der Waals surface area (Å²) in [6, 6.07) is -1.36. The van der Waals surface area contributed by atoms with Gasteiger partial charge in [-0.05, 0) is 68.2 Å². The second-order valence-electron chi connectivity index (χ2n) is 11.7. The number of likely N-dealkylation sites (N-methyl/N-ethyl adjacent to an activating group) is 1. The molecule has 13 nitrogen and oxygen atoms in total. The SMILES string of the molecule is CC(C)(C)OC(=O)N1CCNC(C(=O)O)C1.CCN(CC)CC.CN1CCN(C(=O)OC(C)(C)C)CC1C(=O)O. The lowest BCUT2D eigenvalue weighted by Crippen LogP contribution is -2.56. The molecule has 2 heterocycles. The summed E-state index contributed by atoms with van der Waals surface area (Å²) < 4.78 is 10.4. The highest BCUT2D eigenvalue weighted by atomic mass is 16.6. The van der Waals surface area contributed by atoms with Crippen LogP contribution in [0.1, 0.15) is 62.3 Å². The highest BCUT2D eigenvalue weighted by Crippen LogP contribution is 2.14. The fourth-order valence-corrected chi connectivity index (χ4v) is 3.71. The maximum absolute atomic E-state index is 11.8. The monoisotopic (exact) mass is 575 g/mol. The summed E-state index contributed by atoms with van der Waals surface area (Å²) in [5.41, 5.74) is -1.11. The predicted octanol–water partition coefficient (Wildman–Crippen LogP) is 2.25. The van der Waals surface area contributed by atoms with Crippen molar-refractivity contribution >= 4 is 24.1 Å². The Bertz CT molecular complexity index is 802. The van der Waals surface area contributed by atoms with Gasteiger partial charge in [0.15, 0.2) is 0 Å². The first-order valence-electron chi connectivity index (χ1n) is 13.9. The minimum absolute atomic E-state index is 0.143. The molecule has 0 aromatic heterocycles. The van der Waals surface area contributed by atoms with E-state index < -0.39 is 47.4 Å². The van der Waals surface area contributed by atoms with E-state index in [1.54, 1.807) is 53.5 Å². The van der Waals surface area contributed by atoms with Crippen molar-refractivity contribution in [3.8, 4) is 0 Å². The molecule has 0 aliphatic carbocycles. The van der Waals surface area contributed by atoms with E-state index in [1.807, 2.05) is 0 Å². The molecule has 2 unspecified atom stereocenters. The number of hydrogen-bond donors (Lipinski definition) is 3. The molecule has 2 aliphatic heterocycles. The Balaban J connectivity index is 0.000000619. The van der Waals surface area contributed by atoms with Gasteiger partial charge in [0.05, 0.1) is 13.1 Å². The van der Waals surface area contributed by atoms with Crippen molar-refractivity contribution in [3.63, 3.8) is 0 Å². The lowest BCUT2D eigenvalue weighted by Gasteiger charge is -2.37. The van der Waals surface area contributed by atoms with Crippen LogP contribution in [0.15, 0.2) is 0 Å². The second-order valence-corrected chi connectivity index (χ2v) is 11.7. The van der Waals surface area contributed by atoms with Crippen molar-refractivity contribution < 1.29 is 38.9 Å². The third-order valence-electron chi connectivity index (χ3n) is 6.05. The van der Waals surface area contributed by atoms with E-state index >= 15 is 0 Å². The fourth-order valence-electron chi connectivity index (χ4n) is 3.71. The summed E-state index contributed by atoms with van der Waals surface area (Å²) in [5, 5.41) is 20.7. The molecule has 0 aromatic rings. The molecule has 0 saturated carbocycles. The van der Waals surface area contributed by atoms with Crippen LogP contribution in [0.5, 0.6) is 0 Å². The number of carbonyl (C=O) groups is 4. The molecule has 2 saturated heterocycles. The quantitative estimate of drug-likeness (QED) is 0.442. The highest BCUT2D eigenvalue weighted by molar-refractivity contribution is 5.76. The number of amides is 2. The smallest absolute Gasteiger partial charge is 0.410 e. The van der Waals surface area contributed by atoms with Crippen LogP contribution in [0.2, 0.25) is 0 Å². The molecule has 2 rings (SSSR count). The van der Waals surface area contributed by atoms with Crippen molar-refractivity contribution in [1.82, 2.24) is 24.9 Å². The molecular formula is C27H53N5O8. The van der Waals surface area contributed by atoms with Gasteiger partial charge >= 0.3 is 24.1 Å². The van der Waals surface area contributed by atoms with Gasteiger partial charge < -0.3 is 39.7 Å². The van der Waals surface area contributed by atoms with Crippen LogP contribution in [-0.4, -0.2) is 143 Å². The van der Waals surface area contributed by atoms with Gasteiger partial charge in [-0.15, -0.1) is 0 Å². The van der Waals surface area contributed by atoms with Gasteiger partial charge in [-0.3, -0.25) is 14.5 Å². The molecule has 2 aliphatic rings. The number of carboxylic acids is 2. The maximum Gasteiger partial charge on any atom is 0.410 e. The van der Waals surface area contributed by atoms with Gasteiger partial charge in [0.25, 0.3) is 0 Å². The van der Waals surface area contributed by atoms with Gasteiger partial charge in [0.2, 0.25) is 0 Å². The molecule has 13 heteroatoms. The zero-order valence-electron chi connectivity index (χ0n) is 26.2. The topological polar surface area (TPSA) is 152 Å². The summed E-state index contributed by atoms with van der Waals surface area (Å²) in [6.07, 6.45) is -0.905. The Morgan fingerprint density at radius 1 is 0.775 bits per heavy atom. The van der Waals surface area contributed by atoms with E-state index in [0.717, 1.165) is 0 Å². The average molecular weight is 576 g/mol. The number of carboxylic acid groups (broad SMARTS) is 2. The largest absolute Gasteiger partial charge is 0.480 e. The van der Waals surface area contributed by atoms with Crippen LogP contribution < -0.4 is 5.32 Å². The third-order valence-corrected chi connectivity index (χ3v) is 6.05. The number of ether oxygens (including phenoxy) is 2. The number of nitrogens with zero attached hydrogens (tertiary/aromatic N) is 4. The highest BCUT2D eigenvalue weighted by Gasteiger charge is 2.34. The Hall–Kier alpha value is -2.64. The second kappa shape index (κ2) is 17.2. The van der Waals surface area contributed by atoms with Gasteiger partial charge in [0.1, 0.15) is 23.3 Å². The fraction of sp³-hybridized carbons (Fsp3) is 0.852. The molecule has 2 atom stereocenters. The number of hydrogen-bond acceptors (Lipinski definition) is 9. The van der Waals surface area contributed by atoms with Gasteiger partial charge in [0, 0.05) is 26.2 Å². The number of rotatable bonds is 5. The molecule has 2 amide bonds. The lowest BCUT2D eigenvalue weighted by atomic mass is 10.2. The average Bonchev–Trinajstić information content (AvgIpc) is 2.84. The Kier molecular flexibility index (Phi) is 16.1. The van der Waals surface area contributed by atoms with Crippen LogP contribution in [-0.2, 0) is 19.1 Å². The van der Waals surface area contributed by atoms with Crippen LogP contribution in [0, 0.1) is 0 Å². The van der Waals surface area contributed by atoms with Crippen molar-refractivity contribution in [2.75, 3.05) is 66.0 Å². The molecule has 0 spiro atoms. The maximum atomic E-state index is 11.8. The summed E-state index contributed by atoms with van der Waals surface area (Å²) in [6.45, 7) is 23.1. The zero-order valence-corrected chi connectivity index (χ0v) is 26.2. The first-order chi connectivity index (χ1) is 18.3. The van der Waals surface area contributed by atoms with E-state index in [4.69, 9.17) is 19.7 Å². The number of aliphatic carboxylic acids is 2. The summed E-state index contributed by atoms with van der Waals surface area (Å²) in [7, 11) is 1.74. The molecule has 0 radical (unpaired) electrons. The third kappa shape index (κ3) is 15.2. The summed E-state index contributed by atoms with van der Waals surface area (Å²) in [4.78, 5) is 52.2. The summed E-state index contributed by atoms with van der Waals surface area (Å²) in [5.74, 6) is -1.87. The number of nitrogens with one attached hydrogen (secondary N) is 1. The van der Waals surface area contributed by atoms with E-state index in [2.05, 4.69) is 31.0 Å². The van der Waals surface area contributed by atoms with E-state index in [9.17, 15) is 19.2 Å². The molecule has 0 aromatic carbocycles. The molecule has 234 valence electrons. The zero-order chi connectivity index (χ0) is 31.3. The van der Waals surface area contributed by atoms with Gasteiger partial charge in [-0.2, -0.15) is 0 Å². The van der Waals surface area contributed by atoms with E-state index in [1.165, 1.54) is 29.4 Å². The Morgan fingerprint density at radius 3 is 1.57 bits per heavy atom. The van der Waals surface area contributed by atoms with Crippen molar-refractivity contribution in [2.24, 2.45) is 0 Å². The van der Waals surface area contributed by atoms with Crippen molar-refractivity contribution in [3.05, 3.63) is 0 Å². The number of piperazine rings is 2.